The molecule has 0 aliphatic rings. The van der Waals surface area contributed by atoms with Crippen LogP contribution in [0.4, 0.5) is 0 Å². The number of rotatable bonds is 3. The summed E-state index contributed by atoms with van der Waals surface area (Å²) in [4.78, 5) is 11.0. The number of aldehydes is 1. The molecule has 0 saturated carbocycles. The molecule has 0 bridgehead atoms. The SMILES string of the molecule is COc1cc(-c2ccccc2)c(C=O)cc1O. The number of phenolic OH excluding ortho intramolecular Hbond substituents is 1. The Labute approximate surface area is 99.3 Å². The molecule has 0 atom stereocenters. The lowest BCUT2D eigenvalue weighted by Gasteiger charge is -2.09. The molecule has 0 radical (unpaired) electrons. The molecule has 0 spiro atoms. The third kappa shape index (κ3) is 2.13. The van der Waals surface area contributed by atoms with Crippen molar-refractivity contribution < 1.29 is 14.6 Å². The molecule has 86 valence electrons. The van der Waals surface area contributed by atoms with Gasteiger partial charge in [-0.25, -0.2) is 0 Å². The van der Waals surface area contributed by atoms with E-state index in [1.165, 1.54) is 13.2 Å². The van der Waals surface area contributed by atoms with Crippen LogP contribution in [0.3, 0.4) is 0 Å². The standard InChI is InChI=1S/C14H12O3/c1-17-14-8-12(10-5-3-2-4-6-10)11(9-15)7-13(14)16/h2-9,16H,1H3. The predicted octanol–water partition coefficient (Wildman–Crippen LogP) is 2.88. The summed E-state index contributed by atoms with van der Waals surface area (Å²) < 4.78 is 5.04. The topological polar surface area (TPSA) is 46.5 Å². The summed E-state index contributed by atoms with van der Waals surface area (Å²) in [6.07, 6.45) is 0.724. The van der Waals surface area contributed by atoms with Gasteiger partial charge in [0.25, 0.3) is 0 Å². The molecule has 0 amide bonds. The Bertz CT molecular complexity index is 533. The van der Waals surface area contributed by atoms with Crippen LogP contribution in [-0.2, 0) is 0 Å². The number of carbonyl (C=O) groups is 1. The molecule has 17 heavy (non-hydrogen) atoms. The second kappa shape index (κ2) is 4.70. The summed E-state index contributed by atoms with van der Waals surface area (Å²) in [7, 11) is 1.48. The summed E-state index contributed by atoms with van der Waals surface area (Å²) in [5.74, 6) is 0.323. The van der Waals surface area contributed by atoms with Crippen molar-refractivity contribution in [2.24, 2.45) is 0 Å². The highest BCUT2D eigenvalue weighted by Gasteiger charge is 2.10. The van der Waals surface area contributed by atoms with Gasteiger partial charge in [0.15, 0.2) is 17.8 Å². The molecule has 0 fully saturated rings. The maximum Gasteiger partial charge on any atom is 0.161 e. The quantitative estimate of drug-likeness (QED) is 0.821. The molecule has 3 nitrogen and oxygen atoms in total. The molecular formula is C14H12O3. The van der Waals surface area contributed by atoms with Crippen LogP contribution in [0.15, 0.2) is 42.5 Å². The van der Waals surface area contributed by atoms with Gasteiger partial charge >= 0.3 is 0 Å². The van der Waals surface area contributed by atoms with Crippen molar-refractivity contribution in [3.05, 3.63) is 48.0 Å². The van der Waals surface area contributed by atoms with Crippen LogP contribution in [0.1, 0.15) is 10.4 Å². The third-order valence-corrected chi connectivity index (χ3v) is 2.56. The first-order chi connectivity index (χ1) is 8.26. The van der Waals surface area contributed by atoms with Gasteiger partial charge in [-0.15, -0.1) is 0 Å². The fraction of sp³-hybridized carbons (Fsp3) is 0.0714. The highest BCUT2D eigenvalue weighted by Crippen LogP contribution is 2.34. The van der Waals surface area contributed by atoms with Crippen LogP contribution in [-0.4, -0.2) is 18.5 Å². The maximum atomic E-state index is 11.0. The van der Waals surface area contributed by atoms with Gasteiger partial charge in [-0.05, 0) is 23.3 Å². The van der Waals surface area contributed by atoms with E-state index in [0.717, 1.165) is 17.4 Å². The van der Waals surface area contributed by atoms with Gasteiger partial charge in [0.1, 0.15) is 0 Å². The zero-order chi connectivity index (χ0) is 12.3. The maximum absolute atomic E-state index is 11.0. The zero-order valence-electron chi connectivity index (χ0n) is 9.38. The van der Waals surface area contributed by atoms with Gasteiger partial charge in [0.05, 0.1) is 7.11 Å². The minimum Gasteiger partial charge on any atom is -0.504 e. The molecule has 0 aliphatic carbocycles. The van der Waals surface area contributed by atoms with Crippen LogP contribution >= 0.6 is 0 Å². The second-order valence-electron chi connectivity index (χ2n) is 3.60. The molecule has 3 heteroatoms. The normalized spacial score (nSPS) is 9.94. The van der Waals surface area contributed by atoms with Crippen LogP contribution in [0.2, 0.25) is 0 Å². The fourth-order valence-electron chi connectivity index (χ4n) is 1.71. The smallest absolute Gasteiger partial charge is 0.161 e. The molecular weight excluding hydrogens is 216 g/mol. The summed E-state index contributed by atoms with van der Waals surface area (Å²) in [5.41, 5.74) is 2.10. The van der Waals surface area contributed by atoms with Crippen molar-refractivity contribution in [1.82, 2.24) is 0 Å². The van der Waals surface area contributed by atoms with Gasteiger partial charge in [0.2, 0.25) is 0 Å². The van der Waals surface area contributed by atoms with Gasteiger partial charge in [-0.1, -0.05) is 30.3 Å². The molecule has 2 aromatic carbocycles. The molecule has 0 saturated heterocycles. The third-order valence-electron chi connectivity index (χ3n) is 2.56. The molecule has 0 aliphatic heterocycles. The Morgan fingerprint density at radius 1 is 1.18 bits per heavy atom. The van der Waals surface area contributed by atoms with E-state index in [4.69, 9.17) is 4.74 Å². The minimum absolute atomic E-state index is 0.0331. The number of ether oxygens (including phenoxy) is 1. The van der Waals surface area contributed by atoms with Gasteiger partial charge in [-0.3, -0.25) is 4.79 Å². The number of hydrogen-bond acceptors (Lipinski definition) is 3. The van der Waals surface area contributed by atoms with Crippen LogP contribution in [0, 0.1) is 0 Å². The van der Waals surface area contributed by atoms with E-state index in [0.29, 0.717) is 11.3 Å². The summed E-state index contributed by atoms with van der Waals surface area (Å²) in [6.45, 7) is 0. The van der Waals surface area contributed by atoms with E-state index in [1.807, 2.05) is 30.3 Å². The number of hydrogen-bond donors (Lipinski definition) is 1. The van der Waals surface area contributed by atoms with E-state index in [2.05, 4.69) is 0 Å². The van der Waals surface area contributed by atoms with Gasteiger partial charge in [0, 0.05) is 5.56 Å². The summed E-state index contributed by atoms with van der Waals surface area (Å²) in [6, 6.07) is 12.6. The lowest BCUT2D eigenvalue weighted by atomic mass is 9.99. The van der Waals surface area contributed by atoms with E-state index >= 15 is 0 Å². The number of phenols is 1. The molecule has 2 rings (SSSR count). The summed E-state index contributed by atoms with van der Waals surface area (Å²) >= 11 is 0. The predicted molar refractivity (Wildman–Crippen MR) is 65.5 cm³/mol. The molecule has 0 aromatic heterocycles. The molecule has 1 N–H and O–H groups in total. The highest BCUT2D eigenvalue weighted by molar-refractivity contribution is 5.89. The Balaban J connectivity index is 2.63. The summed E-state index contributed by atoms with van der Waals surface area (Å²) in [5, 5.41) is 9.61. The van der Waals surface area contributed by atoms with Crippen molar-refractivity contribution in [1.29, 1.82) is 0 Å². The first kappa shape index (κ1) is 11.2. The Kier molecular flexibility index (Phi) is 3.10. The van der Waals surface area contributed by atoms with E-state index < -0.39 is 0 Å². The van der Waals surface area contributed by atoms with Crippen molar-refractivity contribution in [2.45, 2.75) is 0 Å². The first-order valence-electron chi connectivity index (χ1n) is 5.18. The number of benzene rings is 2. The Morgan fingerprint density at radius 2 is 1.88 bits per heavy atom. The zero-order valence-corrected chi connectivity index (χ0v) is 9.38. The van der Waals surface area contributed by atoms with Crippen molar-refractivity contribution >= 4 is 6.29 Å². The number of carbonyl (C=O) groups excluding carboxylic acids is 1. The lowest BCUT2D eigenvalue weighted by molar-refractivity contribution is 0.112. The Hall–Kier alpha value is -2.29. The van der Waals surface area contributed by atoms with Gasteiger partial charge in [-0.2, -0.15) is 0 Å². The highest BCUT2D eigenvalue weighted by atomic mass is 16.5. The second-order valence-corrected chi connectivity index (χ2v) is 3.60. The fourth-order valence-corrected chi connectivity index (χ4v) is 1.71. The van der Waals surface area contributed by atoms with Crippen LogP contribution in [0.5, 0.6) is 11.5 Å². The average molecular weight is 228 g/mol. The van der Waals surface area contributed by atoms with Crippen molar-refractivity contribution in [2.75, 3.05) is 7.11 Å². The molecule has 2 aromatic rings. The number of aromatic hydroxyl groups is 1. The largest absolute Gasteiger partial charge is 0.504 e. The minimum atomic E-state index is -0.0331. The monoisotopic (exact) mass is 228 g/mol. The molecule has 0 heterocycles. The lowest BCUT2D eigenvalue weighted by Crippen LogP contribution is -1.91. The van der Waals surface area contributed by atoms with Gasteiger partial charge < -0.3 is 9.84 Å². The van der Waals surface area contributed by atoms with Crippen LogP contribution < -0.4 is 4.74 Å². The average Bonchev–Trinajstić information content (AvgIpc) is 2.39. The number of methoxy groups -OCH3 is 1. The van der Waals surface area contributed by atoms with E-state index in [1.54, 1.807) is 6.07 Å². The van der Waals surface area contributed by atoms with Crippen molar-refractivity contribution in [3.63, 3.8) is 0 Å². The first-order valence-corrected chi connectivity index (χ1v) is 5.18. The van der Waals surface area contributed by atoms with Crippen LogP contribution in [0.25, 0.3) is 11.1 Å². The Morgan fingerprint density at radius 3 is 2.47 bits per heavy atom. The van der Waals surface area contributed by atoms with Crippen molar-refractivity contribution in [3.8, 4) is 22.6 Å². The molecule has 0 unspecified atom stereocenters. The van der Waals surface area contributed by atoms with E-state index in [9.17, 15) is 9.90 Å². The van der Waals surface area contributed by atoms with E-state index in [-0.39, 0.29) is 5.75 Å².